The second kappa shape index (κ2) is 6.31. The Kier molecular flexibility index (Phi) is 5.03. The lowest BCUT2D eigenvalue weighted by atomic mass is 10.0. The van der Waals surface area contributed by atoms with Gasteiger partial charge in [0.1, 0.15) is 0 Å². The maximum Gasteiger partial charge on any atom is 0.224 e. The summed E-state index contributed by atoms with van der Waals surface area (Å²) < 4.78 is 0. The van der Waals surface area contributed by atoms with Crippen LogP contribution in [0.1, 0.15) is 51.5 Å². The van der Waals surface area contributed by atoms with E-state index in [1.54, 1.807) is 0 Å². The quantitative estimate of drug-likeness (QED) is 0.798. The van der Waals surface area contributed by atoms with E-state index < -0.39 is 0 Å². The molecule has 1 rings (SSSR count). The van der Waals surface area contributed by atoms with Crippen molar-refractivity contribution in [3.05, 3.63) is 29.8 Å². The number of benzene rings is 1. The molecule has 0 saturated heterocycles. The molecule has 1 N–H and O–H groups in total. The smallest absolute Gasteiger partial charge is 0.224 e. The summed E-state index contributed by atoms with van der Waals surface area (Å²) in [6.45, 7) is 6.41. The Hall–Kier alpha value is -1.31. The Balaban J connectivity index is 2.51. The second-order valence-corrected chi connectivity index (χ2v) is 4.43. The first-order valence-electron chi connectivity index (χ1n) is 6.03. The summed E-state index contributed by atoms with van der Waals surface area (Å²) >= 11 is 0. The molecule has 0 aliphatic carbocycles. The first-order chi connectivity index (χ1) is 7.63. The number of hydrogen-bond acceptors (Lipinski definition) is 1. The van der Waals surface area contributed by atoms with Crippen LogP contribution >= 0.6 is 0 Å². The van der Waals surface area contributed by atoms with Gasteiger partial charge in [0.15, 0.2) is 0 Å². The summed E-state index contributed by atoms with van der Waals surface area (Å²) in [4.78, 5) is 11.5. The summed E-state index contributed by atoms with van der Waals surface area (Å²) in [7, 11) is 0. The number of carbonyl (C=O) groups excluding carboxylic acids is 1. The Morgan fingerprint density at radius 3 is 2.38 bits per heavy atom. The molecule has 16 heavy (non-hydrogen) atoms. The molecule has 1 aromatic carbocycles. The third-order valence-electron chi connectivity index (χ3n) is 2.62. The van der Waals surface area contributed by atoms with E-state index in [1.807, 2.05) is 12.1 Å². The largest absolute Gasteiger partial charge is 0.326 e. The lowest BCUT2D eigenvalue weighted by Gasteiger charge is -2.08. The van der Waals surface area contributed by atoms with Crippen molar-refractivity contribution >= 4 is 11.6 Å². The van der Waals surface area contributed by atoms with Crippen molar-refractivity contribution in [1.82, 2.24) is 0 Å². The molecule has 0 unspecified atom stereocenters. The molecule has 0 saturated carbocycles. The fourth-order valence-electron chi connectivity index (χ4n) is 1.51. The van der Waals surface area contributed by atoms with Crippen LogP contribution in [0.3, 0.4) is 0 Å². The van der Waals surface area contributed by atoms with Crippen LogP contribution in [0.2, 0.25) is 0 Å². The van der Waals surface area contributed by atoms with E-state index in [-0.39, 0.29) is 5.91 Å². The molecule has 0 aromatic heterocycles. The van der Waals surface area contributed by atoms with Gasteiger partial charge in [0.2, 0.25) is 5.91 Å². The van der Waals surface area contributed by atoms with Crippen LogP contribution < -0.4 is 5.32 Å². The molecule has 0 spiro atoms. The molecular weight excluding hydrogens is 198 g/mol. The van der Waals surface area contributed by atoms with Gasteiger partial charge in [-0.2, -0.15) is 0 Å². The fraction of sp³-hybridized carbons (Fsp3) is 0.500. The highest BCUT2D eigenvalue weighted by atomic mass is 16.1. The van der Waals surface area contributed by atoms with Crippen LogP contribution in [-0.2, 0) is 4.79 Å². The highest BCUT2D eigenvalue weighted by molar-refractivity contribution is 5.90. The maximum absolute atomic E-state index is 11.5. The van der Waals surface area contributed by atoms with Gasteiger partial charge >= 0.3 is 0 Å². The van der Waals surface area contributed by atoms with Gasteiger partial charge in [-0.3, -0.25) is 4.79 Å². The first-order valence-corrected chi connectivity index (χ1v) is 6.03. The summed E-state index contributed by atoms with van der Waals surface area (Å²) in [5, 5.41) is 2.90. The number of anilines is 1. The number of unbranched alkanes of at least 4 members (excludes halogenated alkanes) is 1. The highest BCUT2D eigenvalue weighted by Gasteiger charge is 2.02. The van der Waals surface area contributed by atoms with E-state index in [9.17, 15) is 4.79 Å². The van der Waals surface area contributed by atoms with Gasteiger partial charge in [0.25, 0.3) is 0 Å². The zero-order valence-corrected chi connectivity index (χ0v) is 10.4. The third kappa shape index (κ3) is 4.05. The average molecular weight is 219 g/mol. The van der Waals surface area contributed by atoms with Crippen LogP contribution in [0.5, 0.6) is 0 Å². The normalized spacial score (nSPS) is 10.5. The lowest BCUT2D eigenvalue weighted by molar-refractivity contribution is -0.116. The molecule has 1 amide bonds. The van der Waals surface area contributed by atoms with E-state index in [0.717, 1.165) is 18.5 Å². The van der Waals surface area contributed by atoms with Gasteiger partial charge in [0.05, 0.1) is 0 Å². The molecule has 88 valence electrons. The SMILES string of the molecule is CCCCC(=O)Nc1ccc(C(C)C)cc1. The van der Waals surface area contributed by atoms with Gasteiger partial charge in [0, 0.05) is 12.1 Å². The number of amides is 1. The van der Waals surface area contributed by atoms with Crippen molar-refractivity contribution in [3.63, 3.8) is 0 Å². The summed E-state index contributed by atoms with van der Waals surface area (Å²) in [5.74, 6) is 0.643. The molecule has 0 aliphatic rings. The predicted molar refractivity (Wildman–Crippen MR) is 68.7 cm³/mol. The van der Waals surface area contributed by atoms with Crippen molar-refractivity contribution in [1.29, 1.82) is 0 Å². The van der Waals surface area contributed by atoms with E-state index in [4.69, 9.17) is 0 Å². The highest BCUT2D eigenvalue weighted by Crippen LogP contribution is 2.17. The lowest BCUT2D eigenvalue weighted by Crippen LogP contribution is -2.10. The van der Waals surface area contributed by atoms with Crippen molar-refractivity contribution < 1.29 is 4.79 Å². The number of nitrogens with one attached hydrogen (secondary N) is 1. The molecule has 0 atom stereocenters. The molecule has 1 aromatic rings. The molecule has 0 bridgehead atoms. The van der Waals surface area contributed by atoms with Gasteiger partial charge in [-0.15, -0.1) is 0 Å². The number of carbonyl (C=O) groups is 1. The minimum Gasteiger partial charge on any atom is -0.326 e. The van der Waals surface area contributed by atoms with Gasteiger partial charge in [-0.05, 0) is 30.0 Å². The maximum atomic E-state index is 11.5. The zero-order valence-electron chi connectivity index (χ0n) is 10.4. The number of rotatable bonds is 5. The first kappa shape index (κ1) is 12.8. The Morgan fingerprint density at radius 1 is 1.25 bits per heavy atom. The van der Waals surface area contributed by atoms with Crippen LogP contribution in [0.25, 0.3) is 0 Å². The minimum absolute atomic E-state index is 0.110. The summed E-state index contributed by atoms with van der Waals surface area (Å²) in [5.41, 5.74) is 2.19. The average Bonchev–Trinajstić information content (AvgIpc) is 2.27. The Labute approximate surface area is 98.1 Å². The van der Waals surface area contributed by atoms with E-state index >= 15 is 0 Å². The van der Waals surface area contributed by atoms with E-state index in [0.29, 0.717) is 12.3 Å². The predicted octanol–water partition coefficient (Wildman–Crippen LogP) is 3.94. The fourth-order valence-corrected chi connectivity index (χ4v) is 1.51. The van der Waals surface area contributed by atoms with Crippen molar-refractivity contribution in [2.24, 2.45) is 0 Å². The molecular formula is C14H21NO. The van der Waals surface area contributed by atoms with E-state index in [1.165, 1.54) is 5.56 Å². The standard InChI is InChI=1S/C14H21NO/c1-4-5-6-14(16)15-13-9-7-12(8-10-13)11(2)3/h7-11H,4-6H2,1-3H3,(H,15,16). The van der Waals surface area contributed by atoms with Crippen LogP contribution in [0, 0.1) is 0 Å². The van der Waals surface area contributed by atoms with Crippen molar-refractivity contribution in [2.45, 2.75) is 46.0 Å². The molecule has 0 fully saturated rings. The van der Waals surface area contributed by atoms with E-state index in [2.05, 4.69) is 38.2 Å². The molecule has 0 heterocycles. The number of hydrogen-bond donors (Lipinski definition) is 1. The van der Waals surface area contributed by atoms with Crippen LogP contribution in [0.4, 0.5) is 5.69 Å². The molecule has 2 nitrogen and oxygen atoms in total. The summed E-state index contributed by atoms with van der Waals surface area (Å²) in [6, 6.07) is 8.08. The second-order valence-electron chi connectivity index (χ2n) is 4.43. The van der Waals surface area contributed by atoms with Gasteiger partial charge < -0.3 is 5.32 Å². The molecule has 0 aliphatic heterocycles. The zero-order chi connectivity index (χ0) is 12.0. The molecule has 0 radical (unpaired) electrons. The Bertz CT molecular complexity index is 327. The topological polar surface area (TPSA) is 29.1 Å². The monoisotopic (exact) mass is 219 g/mol. The summed E-state index contributed by atoms with van der Waals surface area (Å²) in [6.07, 6.45) is 2.62. The van der Waals surface area contributed by atoms with Gasteiger partial charge in [-0.25, -0.2) is 0 Å². The van der Waals surface area contributed by atoms with Crippen LogP contribution in [-0.4, -0.2) is 5.91 Å². The molecule has 2 heteroatoms. The Morgan fingerprint density at radius 2 is 1.88 bits per heavy atom. The van der Waals surface area contributed by atoms with Gasteiger partial charge in [-0.1, -0.05) is 39.3 Å². The van der Waals surface area contributed by atoms with Crippen molar-refractivity contribution in [2.75, 3.05) is 5.32 Å². The van der Waals surface area contributed by atoms with Crippen molar-refractivity contribution in [3.8, 4) is 0 Å². The van der Waals surface area contributed by atoms with Crippen LogP contribution in [0.15, 0.2) is 24.3 Å². The third-order valence-corrected chi connectivity index (χ3v) is 2.62. The minimum atomic E-state index is 0.110.